The van der Waals surface area contributed by atoms with Crippen LogP contribution in [0.4, 0.5) is 5.69 Å². The van der Waals surface area contributed by atoms with Crippen LogP contribution in [0.2, 0.25) is 0 Å². The molecule has 0 amide bonds. The third-order valence-corrected chi connectivity index (χ3v) is 6.04. The van der Waals surface area contributed by atoms with E-state index in [1.54, 1.807) is 30.8 Å². The van der Waals surface area contributed by atoms with Gasteiger partial charge in [-0.25, -0.2) is 9.48 Å². The number of nitrogens with zero attached hydrogens (tertiary/aromatic N) is 2. The first kappa shape index (κ1) is 23.9. The van der Waals surface area contributed by atoms with E-state index in [0.717, 1.165) is 28.4 Å². The van der Waals surface area contributed by atoms with E-state index < -0.39 is 6.04 Å². The molecule has 0 spiro atoms. The van der Waals surface area contributed by atoms with Crippen molar-refractivity contribution in [3.05, 3.63) is 112 Å². The number of anilines is 1. The number of hydrogen-bond donors (Lipinski definition) is 1. The van der Waals surface area contributed by atoms with Crippen LogP contribution >= 0.6 is 0 Å². The van der Waals surface area contributed by atoms with Crippen molar-refractivity contribution >= 4 is 11.7 Å². The van der Waals surface area contributed by atoms with Crippen LogP contribution in [-0.4, -0.2) is 29.0 Å². The van der Waals surface area contributed by atoms with Gasteiger partial charge in [0, 0.05) is 18.4 Å². The van der Waals surface area contributed by atoms with E-state index >= 15 is 0 Å². The summed E-state index contributed by atoms with van der Waals surface area (Å²) < 4.78 is 13.9. The van der Waals surface area contributed by atoms with Gasteiger partial charge in [0.25, 0.3) is 5.56 Å². The van der Waals surface area contributed by atoms with E-state index in [1.807, 2.05) is 85.4 Å². The van der Waals surface area contributed by atoms with Crippen molar-refractivity contribution in [1.82, 2.24) is 9.36 Å². The number of aromatic nitrogens is 2. The van der Waals surface area contributed by atoms with Gasteiger partial charge in [0.2, 0.25) is 0 Å². The van der Waals surface area contributed by atoms with Crippen LogP contribution in [0.5, 0.6) is 5.75 Å². The van der Waals surface area contributed by atoms with E-state index in [9.17, 15) is 9.59 Å². The maximum Gasteiger partial charge on any atom is 0.338 e. The molecule has 0 aliphatic rings. The molecule has 4 aromatic rings. The number of esters is 1. The van der Waals surface area contributed by atoms with Crippen LogP contribution in [0.3, 0.4) is 0 Å². The zero-order valence-electron chi connectivity index (χ0n) is 20.3. The number of ether oxygens (including phenoxy) is 2. The summed E-state index contributed by atoms with van der Waals surface area (Å²) in [6, 6.07) is 23.8. The second-order valence-corrected chi connectivity index (χ2v) is 8.12. The maximum absolute atomic E-state index is 13.8. The number of carbonyl (C=O) groups excluding carboxylic acids is 1. The van der Waals surface area contributed by atoms with Crippen molar-refractivity contribution in [2.75, 3.05) is 19.0 Å². The number of carbonyl (C=O) groups is 1. The number of benzene rings is 3. The molecule has 1 atom stereocenters. The smallest absolute Gasteiger partial charge is 0.338 e. The number of para-hydroxylation sites is 1. The third-order valence-electron chi connectivity index (χ3n) is 6.04. The topological polar surface area (TPSA) is 74.5 Å². The van der Waals surface area contributed by atoms with Crippen LogP contribution in [-0.2, 0) is 11.8 Å². The Morgan fingerprint density at radius 3 is 2.23 bits per heavy atom. The summed E-state index contributed by atoms with van der Waals surface area (Å²) in [6.45, 7) is 4.04. The van der Waals surface area contributed by atoms with Gasteiger partial charge in [-0.3, -0.25) is 9.48 Å². The van der Waals surface area contributed by atoms with Crippen molar-refractivity contribution in [2.45, 2.75) is 19.9 Å². The molecule has 7 nitrogen and oxygen atoms in total. The summed E-state index contributed by atoms with van der Waals surface area (Å²) >= 11 is 0. The summed E-state index contributed by atoms with van der Waals surface area (Å²) in [5.74, 6) is 0.369. The largest absolute Gasteiger partial charge is 0.497 e. The molecular formula is C28H29N3O4. The van der Waals surface area contributed by atoms with Crippen LogP contribution in [0, 0.1) is 6.92 Å². The molecule has 1 unspecified atom stereocenters. The van der Waals surface area contributed by atoms with Crippen LogP contribution in [0.15, 0.2) is 83.7 Å². The predicted molar refractivity (Wildman–Crippen MR) is 137 cm³/mol. The highest BCUT2D eigenvalue weighted by Crippen LogP contribution is 2.29. The minimum atomic E-state index is -0.432. The van der Waals surface area contributed by atoms with E-state index in [4.69, 9.17) is 9.47 Å². The van der Waals surface area contributed by atoms with Crippen molar-refractivity contribution < 1.29 is 14.3 Å². The van der Waals surface area contributed by atoms with Gasteiger partial charge >= 0.3 is 5.97 Å². The fraction of sp³-hybridized carbons (Fsp3) is 0.214. The Bertz CT molecular complexity index is 1350. The summed E-state index contributed by atoms with van der Waals surface area (Å²) in [4.78, 5) is 25.8. The minimum Gasteiger partial charge on any atom is -0.497 e. The highest BCUT2D eigenvalue weighted by atomic mass is 16.5. The molecule has 1 N–H and O–H groups in total. The SMILES string of the molecule is CCOC(=O)c1ccc(NC(c2ccc(OC)cc2)c2c(C)n(C)n(-c3ccccc3)c2=O)cc1. The van der Waals surface area contributed by atoms with E-state index in [-0.39, 0.29) is 11.5 Å². The molecule has 7 heteroatoms. The van der Waals surface area contributed by atoms with Crippen molar-refractivity contribution in [3.63, 3.8) is 0 Å². The summed E-state index contributed by atoms with van der Waals surface area (Å²) in [6.07, 6.45) is 0. The molecule has 3 aromatic carbocycles. The summed E-state index contributed by atoms with van der Waals surface area (Å²) in [5, 5.41) is 3.50. The lowest BCUT2D eigenvalue weighted by molar-refractivity contribution is 0.0526. The van der Waals surface area contributed by atoms with Crippen LogP contribution in [0.25, 0.3) is 5.69 Å². The molecule has 0 saturated heterocycles. The first-order valence-electron chi connectivity index (χ1n) is 11.5. The van der Waals surface area contributed by atoms with E-state index in [0.29, 0.717) is 17.7 Å². The number of hydrogen-bond acceptors (Lipinski definition) is 5. The highest BCUT2D eigenvalue weighted by Gasteiger charge is 2.26. The van der Waals surface area contributed by atoms with Gasteiger partial charge in [0.1, 0.15) is 5.75 Å². The quantitative estimate of drug-likeness (QED) is 0.371. The Hall–Kier alpha value is -4.26. The fourth-order valence-corrected chi connectivity index (χ4v) is 4.12. The van der Waals surface area contributed by atoms with Gasteiger partial charge < -0.3 is 14.8 Å². The van der Waals surface area contributed by atoms with Gasteiger partial charge in [0.15, 0.2) is 0 Å². The molecule has 4 rings (SSSR count). The molecule has 0 saturated carbocycles. The molecule has 1 aromatic heterocycles. The summed E-state index contributed by atoms with van der Waals surface area (Å²) in [7, 11) is 3.50. The Morgan fingerprint density at radius 2 is 1.63 bits per heavy atom. The molecule has 180 valence electrons. The van der Waals surface area contributed by atoms with Gasteiger partial charge in [-0.05, 0) is 67.9 Å². The molecule has 1 heterocycles. The zero-order valence-corrected chi connectivity index (χ0v) is 20.3. The Kier molecular flexibility index (Phi) is 7.06. The lowest BCUT2D eigenvalue weighted by Gasteiger charge is -2.20. The Morgan fingerprint density at radius 1 is 0.971 bits per heavy atom. The number of rotatable bonds is 8. The van der Waals surface area contributed by atoms with E-state index in [2.05, 4.69) is 5.32 Å². The van der Waals surface area contributed by atoms with Gasteiger partial charge in [-0.1, -0.05) is 30.3 Å². The average molecular weight is 472 g/mol. The average Bonchev–Trinajstić information content (AvgIpc) is 3.11. The second-order valence-electron chi connectivity index (χ2n) is 8.12. The molecule has 0 bridgehead atoms. The van der Waals surface area contributed by atoms with E-state index in [1.165, 1.54) is 0 Å². The second kappa shape index (κ2) is 10.3. The van der Waals surface area contributed by atoms with Crippen molar-refractivity contribution in [3.8, 4) is 11.4 Å². The highest BCUT2D eigenvalue weighted by molar-refractivity contribution is 5.89. The van der Waals surface area contributed by atoms with Gasteiger partial charge in [-0.2, -0.15) is 0 Å². The molecule has 0 radical (unpaired) electrons. The van der Waals surface area contributed by atoms with Crippen molar-refractivity contribution in [1.29, 1.82) is 0 Å². The lowest BCUT2D eigenvalue weighted by Crippen LogP contribution is -2.24. The predicted octanol–water partition coefficient (Wildman–Crippen LogP) is 4.87. The molecule has 0 aliphatic carbocycles. The molecule has 35 heavy (non-hydrogen) atoms. The molecular weight excluding hydrogens is 442 g/mol. The molecule has 0 fully saturated rings. The third kappa shape index (κ3) is 4.84. The maximum atomic E-state index is 13.8. The molecule has 0 aliphatic heterocycles. The Balaban J connectivity index is 1.79. The first-order chi connectivity index (χ1) is 16.9. The summed E-state index contributed by atoms with van der Waals surface area (Å²) in [5.41, 5.74) is 4.32. The zero-order chi connectivity index (χ0) is 24.9. The standard InChI is InChI=1S/C28H29N3O4/c1-5-35-28(33)21-11-15-22(16-12-21)29-26(20-13-17-24(34-4)18-14-20)25-19(2)30(3)31(27(25)32)23-9-7-6-8-10-23/h6-18,26,29H,5H2,1-4H3. The number of nitrogens with one attached hydrogen (secondary N) is 1. The minimum absolute atomic E-state index is 0.104. The lowest BCUT2D eigenvalue weighted by atomic mass is 9.98. The van der Waals surface area contributed by atoms with Gasteiger partial charge in [-0.15, -0.1) is 0 Å². The van der Waals surface area contributed by atoms with Gasteiger partial charge in [0.05, 0.1) is 36.6 Å². The van der Waals surface area contributed by atoms with Crippen LogP contribution in [0.1, 0.15) is 40.1 Å². The Labute approximate surface area is 204 Å². The van der Waals surface area contributed by atoms with Crippen LogP contribution < -0.4 is 15.6 Å². The van der Waals surface area contributed by atoms with Crippen molar-refractivity contribution in [2.24, 2.45) is 7.05 Å². The first-order valence-corrected chi connectivity index (χ1v) is 11.5. The number of methoxy groups -OCH3 is 1. The fourth-order valence-electron chi connectivity index (χ4n) is 4.12. The normalized spacial score (nSPS) is 11.7. The monoisotopic (exact) mass is 471 g/mol.